The molecule has 6 heteroatoms. The highest BCUT2D eigenvalue weighted by Gasteiger charge is 2.21. The van der Waals surface area contributed by atoms with Gasteiger partial charge in [0.15, 0.2) is 0 Å². The Hall–Kier alpha value is -1.40. The zero-order valence-electron chi connectivity index (χ0n) is 11.7. The third kappa shape index (κ3) is 3.13. The first-order valence-electron chi connectivity index (χ1n) is 6.92. The molecule has 0 aromatic carbocycles. The molecule has 1 saturated heterocycles. The second-order valence-corrected chi connectivity index (χ2v) is 5.05. The van der Waals surface area contributed by atoms with Crippen LogP contribution in [0.5, 0.6) is 0 Å². The molecule has 1 aliphatic heterocycles. The maximum absolute atomic E-state index is 9.59. The highest BCUT2D eigenvalue weighted by molar-refractivity contribution is 5.58. The normalized spacial score (nSPS) is 16.7. The number of aryl methyl sites for hydroxylation is 1. The maximum atomic E-state index is 9.59. The lowest BCUT2D eigenvalue weighted by molar-refractivity contribution is 0.145. The number of hydrogen-bond donors (Lipinski definition) is 3. The van der Waals surface area contributed by atoms with Crippen molar-refractivity contribution in [2.45, 2.75) is 45.6 Å². The highest BCUT2D eigenvalue weighted by Crippen LogP contribution is 2.26. The Bertz CT molecular complexity index is 429. The van der Waals surface area contributed by atoms with E-state index in [2.05, 4.69) is 27.2 Å². The van der Waals surface area contributed by atoms with Crippen LogP contribution in [-0.2, 0) is 6.42 Å². The van der Waals surface area contributed by atoms with Crippen molar-refractivity contribution in [3.05, 3.63) is 11.4 Å². The van der Waals surface area contributed by atoms with E-state index in [4.69, 9.17) is 5.84 Å². The van der Waals surface area contributed by atoms with Crippen molar-refractivity contribution in [2.24, 2.45) is 5.84 Å². The largest absolute Gasteiger partial charge is 0.393 e. The van der Waals surface area contributed by atoms with Crippen LogP contribution in [0.3, 0.4) is 0 Å². The number of nitrogens with one attached hydrogen (secondary N) is 1. The predicted octanol–water partition coefficient (Wildman–Crippen LogP) is 0.984. The van der Waals surface area contributed by atoms with Crippen LogP contribution in [0.4, 0.5) is 11.6 Å². The summed E-state index contributed by atoms with van der Waals surface area (Å²) in [6.45, 7) is 5.74. The fraction of sp³-hybridized carbons (Fsp3) is 0.692. The van der Waals surface area contributed by atoms with Crippen molar-refractivity contribution in [1.29, 1.82) is 0 Å². The Morgan fingerprint density at radius 3 is 2.63 bits per heavy atom. The summed E-state index contributed by atoms with van der Waals surface area (Å²) in [5.74, 6) is 8.00. The first kappa shape index (κ1) is 14.0. The Balaban J connectivity index is 2.29. The summed E-state index contributed by atoms with van der Waals surface area (Å²) in [5, 5.41) is 9.59. The number of nitrogen functional groups attached to an aromatic ring is 1. The fourth-order valence-corrected chi connectivity index (χ4v) is 2.41. The van der Waals surface area contributed by atoms with E-state index in [1.54, 1.807) is 0 Å². The van der Waals surface area contributed by atoms with E-state index in [0.29, 0.717) is 5.82 Å². The van der Waals surface area contributed by atoms with Crippen LogP contribution in [-0.4, -0.2) is 34.3 Å². The molecule has 2 heterocycles. The summed E-state index contributed by atoms with van der Waals surface area (Å²) < 4.78 is 0. The molecule has 0 unspecified atom stereocenters. The van der Waals surface area contributed by atoms with Crippen LogP contribution in [0.15, 0.2) is 0 Å². The first-order chi connectivity index (χ1) is 9.15. The van der Waals surface area contributed by atoms with Crippen LogP contribution in [0.2, 0.25) is 0 Å². The zero-order chi connectivity index (χ0) is 13.8. The number of hydrogen-bond acceptors (Lipinski definition) is 6. The van der Waals surface area contributed by atoms with Gasteiger partial charge in [-0.2, -0.15) is 0 Å². The molecule has 1 aliphatic rings. The van der Waals surface area contributed by atoms with Crippen molar-refractivity contribution in [3.63, 3.8) is 0 Å². The van der Waals surface area contributed by atoms with E-state index in [1.807, 2.05) is 6.92 Å². The zero-order valence-corrected chi connectivity index (χ0v) is 11.7. The van der Waals surface area contributed by atoms with E-state index in [-0.39, 0.29) is 6.10 Å². The lowest BCUT2D eigenvalue weighted by atomic mass is 10.1. The van der Waals surface area contributed by atoms with Gasteiger partial charge in [-0.25, -0.2) is 15.8 Å². The van der Waals surface area contributed by atoms with E-state index < -0.39 is 0 Å². The van der Waals surface area contributed by atoms with E-state index in [1.165, 1.54) is 0 Å². The molecule has 106 valence electrons. The van der Waals surface area contributed by atoms with Gasteiger partial charge in [0.1, 0.15) is 17.5 Å². The van der Waals surface area contributed by atoms with Crippen LogP contribution in [0.25, 0.3) is 0 Å². The summed E-state index contributed by atoms with van der Waals surface area (Å²) in [6, 6.07) is 0. The fourth-order valence-electron chi connectivity index (χ4n) is 2.41. The van der Waals surface area contributed by atoms with Crippen molar-refractivity contribution < 1.29 is 5.11 Å². The number of rotatable bonds is 4. The van der Waals surface area contributed by atoms with Gasteiger partial charge < -0.3 is 15.4 Å². The summed E-state index contributed by atoms with van der Waals surface area (Å²) in [4.78, 5) is 11.3. The standard InChI is InChI=1S/C13H23N5O/c1-3-4-11-15-12(17-14)9(2)13(16-11)18-7-5-10(19)6-8-18/h10,19H,3-8,14H2,1-2H3,(H,15,16,17). The molecule has 0 bridgehead atoms. The van der Waals surface area contributed by atoms with Gasteiger partial charge in [0.25, 0.3) is 0 Å². The predicted molar refractivity (Wildman–Crippen MR) is 76.0 cm³/mol. The SMILES string of the molecule is CCCc1nc(NN)c(C)c(N2CCC(O)CC2)n1. The minimum atomic E-state index is -0.180. The van der Waals surface area contributed by atoms with Crippen LogP contribution >= 0.6 is 0 Å². The molecule has 1 aromatic rings. The minimum Gasteiger partial charge on any atom is -0.393 e. The van der Waals surface area contributed by atoms with E-state index in [0.717, 1.165) is 56.0 Å². The second-order valence-electron chi connectivity index (χ2n) is 5.05. The molecule has 0 saturated carbocycles. The quantitative estimate of drug-likeness (QED) is 0.556. The Labute approximate surface area is 114 Å². The molecule has 1 aromatic heterocycles. The minimum absolute atomic E-state index is 0.180. The molecule has 0 aliphatic carbocycles. The summed E-state index contributed by atoms with van der Waals surface area (Å²) in [7, 11) is 0. The number of nitrogens with two attached hydrogens (primary N) is 1. The van der Waals surface area contributed by atoms with Gasteiger partial charge in [-0.3, -0.25) is 0 Å². The number of anilines is 2. The van der Waals surface area contributed by atoms with Gasteiger partial charge in [-0.05, 0) is 26.2 Å². The molecule has 2 rings (SSSR count). The van der Waals surface area contributed by atoms with Gasteiger partial charge >= 0.3 is 0 Å². The Kier molecular flexibility index (Phi) is 4.55. The summed E-state index contributed by atoms with van der Waals surface area (Å²) in [5.41, 5.74) is 3.63. The van der Waals surface area contributed by atoms with E-state index >= 15 is 0 Å². The molecule has 4 N–H and O–H groups in total. The Morgan fingerprint density at radius 2 is 2.05 bits per heavy atom. The van der Waals surface area contributed by atoms with Crippen molar-refractivity contribution >= 4 is 11.6 Å². The molecular weight excluding hydrogens is 242 g/mol. The van der Waals surface area contributed by atoms with Gasteiger partial charge in [0.2, 0.25) is 0 Å². The number of aromatic nitrogens is 2. The Morgan fingerprint density at radius 1 is 1.37 bits per heavy atom. The van der Waals surface area contributed by atoms with Gasteiger partial charge in [-0.1, -0.05) is 6.92 Å². The molecule has 6 nitrogen and oxygen atoms in total. The molecular formula is C13H23N5O. The topological polar surface area (TPSA) is 87.3 Å². The molecule has 0 atom stereocenters. The molecule has 19 heavy (non-hydrogen) atoms. The van der Waals surface area contributed by atoms with Crippen LogP contribution < -0.4 is 16.2 Å². The molecule has 0 amide bonds. The second kappa shape index (κ2) is 6.16. The summed E-state index contributed by atoms with van der Waals surface area (Å²) in [6.07, 6.45) is 3.25. The third-order valence-electron chi connectivity index (χ3n) is 3.54. The molecule has 0 radical (unpaired) electrons. The number of hydrazine groups is 1. The third-order valence-corrected chi connectivity index (χ3v) is 3.54. The number of piperidine rings is 1. The maximum Gasteiger partial charge on any atom is 0.148 e. The smallest absolute Gasteiger partial charge is 0.148 e. The number of aliphatic hydroxyl groups excluding tert-OH is 1. The van der Waals surface area contributed by atoms with Gasteiger partial charge in [0.05, 0.1) is 6.10 Å². The molecule has 0 spiro atoms. The van der Waals surface area contributed by atoms with Crippen LogP contribution in [0, 0.1) is 6.92 Å². The lowest BCUT2D eigenvalue weighted by Gasteiger charge is -2.32. The number of nitrogens with zero attached hydrogens (tertiary/aromatic N) is 3. The van der Waals surface area contributed by atoms with Crippen molar-refractivity contribution in [1.82, 2.24) is 9.97 Å². The van der Waals surface area contributed by atoms with Crippen LogP contribution in [0.1, 0.15) is 37.6 Å². The van der Waals surface area contributed by atoms with Crippen molar-refractivity contribution in [2.75, 3.05) is 23.4 Å². The summed E-state index contributed by atoms with van der Waals surface area (Å²) >= 11 is 0. The van der Waals surface area contributed by atoms with Crippen molar-refractivity contribution in [3.8, 4) is 0 Å². The van der Waals surface area contributed by atoms with Gasteiger partial charge in [0, 0.05) is 25.1 Å². The average Bonchev–Trinajstić information content (AvgIpc) is 2.42. The first-order valence-corrected chi connectivity index (χ1v) is 6.92. The molecule has 1 fully saturated rings. The number of aliphatic hydroxyl groups is 1. The average molecular weight is 265 g/mol. The lowest BCUT2D eigenvalue weighted by Crippen LogP contribution is -2.37. The van der Waals surface area contributed by atoms with E-state index in [9.17, 15) is 5.11 Å². The van der Waals surface area contributed by atoms with Gasteiger partial charge in [-0.15, -0.1) is 0 Å². The highest BCUT2D eigenvalue weighted by atomic mass is 16.3. The monoisotopic (exact) mass is 265 g/mol.